The molecule has 1 aromatic carbocycles. The van der Waals surface area contributed by atoms with E-state index in [4.69, 9.17) is 11.5 Å². The number of nitrogens with zero attached hydrogens (tertiary/aromatic N) is 5. The number of aryl methyl sites for hydroxylation is 1. The van der Waals surface area contributed by atoms with E-state index < -0.39 is 0 Å². The summed E-state index contributed by atoms with van der Waals surface area (Å²) in [4.78, 5) is 10.5. The van der Waals surface area contributed by atoms with Crippen molar-refractivity contribution in [2.24, 2.45) is 7.05 Å². The third-order valence-corrected chi connectivity index (χ3v) is 5.89. The molecule has 2 aromatic heterocycles. The highest BCUT2D eigenvalue weighted by Gasteiger charge is 2.24. The lowest BCUT2D eigenvalue weighted by Crippen LogP contribution is -2.46. The van der Waals surface area contributed by atoms with Gasteiger partial charge in [-0.3, -0.25) is 4.68 Å². The van der Waals surface area contributed by atoms with Gasteiger partial charge in [0.25, 0.3) is 0 Å². The van der Waals surface area contributed by atoms with E-state index in [0.29, 0.717) is 5.82 Å². The average Bonchev–Trinajstić information content (AvgIpc) is 3.00. The van der Waals surface area contributed by atoms with Gasteiger partial charge in [-0.1, -0.05) is 22.0 Å². The third kappa shape index (κ3) is 3.55. The molecule has 0 aliphatic carbocycles. The first kappa shape index (κ1) is 18.7. The summed E-state index contributed by atoms with van der Waals surface area (Å²) in [5.74, 6) is 1.33. The maximum absolute atomic E-state index is 5.85. The summed E-state index contributed by atoms with van der Waals surface area (Å²) in [5.41, 5.74) is 16.2. The predicted molar refractivity (Wildman–Crippen MR) is 115 cm³/mol. The van der Waals surface area contributed by atoms with Crippen LogP contribution < -0.4 is 21.7 Å². The minimum absolute atomic E-state index is 0.137. The lowest BCUT2D eigenvalue weighted by atomic mass is 9.98. The van der Waals surface area contributed by atoms with E-state index in [-0.39, 0.29) is 12.0 Å². The molecule has 1 fully saturated rings. The molecule has 8 nitrogen and oxygen atoms in total. The Balaban J connectivity index is 1.65. The molecular weight excluding hydrogens is 420 g/mol. The number of piperazine rings is 1. The lowest BCUT2D eigenvalue weighted by molar-refractivity contribution is 0.468. The molecule has 0 radical (unpaired) electrons. The zero-order chi connectivity index (χ0) is 19.8. The zero-order valence-corrected chi connectivity index (χ0v) is 17.4. The number of nitrogen functional groups attached to an aromatic ring is 2. The predicted octanol–water partition coefficient (Wildman–Crippen LogP) is 2.26. The van der Waals surface area contributed by atoms with Gasteiger partial charge in [-0.2, -0.15) is 15.1 Å². The van der Waals surface area contributed by atoms with Gasteiger partial charge in [0.15, 0.2) is 0 Å². The third-order valence-electron chi connectivity index (χ3n) is 5.17. The smallest absolute Gasteiger partial charge is 0.223 e. The average molecular weight is 443 g/mol. The Kier molecular flexibility index (Phi) is 4.94. The van der Waals surface area contributed by atoms with Crippen molar-refractivity contribution in [3.05, 3.63) is 46.2 Å². The summed E-state index contributed by atoms with van der Waals surface area (Å²) < 4.78 is 2.96. The van der Waals surface area contributed by atoms with E-state index in [9.17, 15) is 0 Å². The van der Waals surface area contributed by atoms with Crippen LogP contribution >= 0.6 is 15.9 Å². The van der Waals surface area contributed by atoms with Gasteiger partial charge in [-0.05, 0) is 30.2 Å². The second-order valence-corrected chi connectivity index (χ2v) is 7.82. The van der Waals surface area contributed by atoms with Gasteiger partial charge in [-0.25, -0.2) is 0 Å². The lowest BCUT2D eigenvalue weighted by Gasteiger charge is -2.35. The van der Waals surface area contributed by atoms with Crippen molar-refractivity contribution < 1.29 is 0 Å². The van der Waals surface area contributed by atoms with E-state index >= 15 is 0 Å². The number of hydrogen-bond donors (Lipinski definition) is 3. The first-order chi connectivity index (χ1) is 13.4. The number of nitrogens with one attached hydrogen (secondary N) is 1. The number of anilines is 3. The Bertz CT molecular complexity index is 995. The Labute approximate surface area is 172 Å². The topological polar surface area (TPSA) is 111 Å². The molecule has 9 heteroatoms. The summed E-state index contributed by atoms with van der Waals surface area (Å²) in [6.07, 6.45) is 1.91. The number of aromatic nitrogens is 4. The molecule has 3 aromatic rings. The highest BCUT2D eigenvalue weighted by Crippen LogP contribution is 2.32. The van der Waals surface area contributed by atoms with Gasteiger partial charge in [0, 0.05) is 48.5 Å². The van der Waals surface area contributed by atoms with Crippen molar-refractivity contribution in [3.63, 3.8) is 0 Å². The largest absolute Gasteiger partial charge is 0.383 e. The quantitative estimate of drug-likeness (QED) is 0.570. The molecule has 0 bridgehead atoms. The standard InChI is InChI=1S/C19H23BrN8/c1-11-14(9-24-27(11)2)12-3-4-15(20)13(7-12)16-10-28(6-5-23-16)18-8-17(21)25-19(22)26-18/h3-4,7-9,16,23H,5-6,10H2,1-2H3,(H4,21,22,25,26)/t16-/m0/s1. The fourth-order valence-electron chi connectivity index (χ4n) is 3.56. The minimum atomic E-state index is 0.137. The van der Waals surface area contributed by atoms with Crippen molar-refractivity contribution in [3.8, 4) is 11.1 Å². The van der Waals surface area contributed by atoms with Crippen molar-refractivity contribution in [1.29, 1.82) is 0 Å². The molecule has 28 heavy (non-hydrogen) atoms. The van der Waals surface area contributed by atoms with Crippen molar-refractivity contribution in [2.45, 2.75) is 13.0 Å². The highest BCUT2D eigenvalue weighted by atomic mass is 79.9. The van der Waals surface area contributed by atoms with E-state index in [2.05, 4.69) is 66.3 Å². The number of halogens is 1. The van der Waals surface area contributed by atoms with Gasteiger partial charge in [0.1, 0.15) is 11.6 Å². The molecular formula is C19H23BrN8. The van der Waals surface area contributed by atoms with Gasteiger partial charge < -0.3 is 21.7 Å². The van der Waals surface area contributed by atoms with Crippen LogP contribution in [0.25, 0.3) is 11.1 Å². The number of nitrogens with two attached hydrogens (primary N) is 2. The fourth-order valence-corrected chi connectivity index (χ4v) is 4.08. The molecule has 3 heterocycles. The van der Waals surface area contributed by atoms with Crippen LogP contribution in [-0.2, 0) is 7.05 Å². The maximum Gasteiger partial charge on any atom is 0.223 e. The molecule has 1 aliphatic heterocycles. The second kappa shape index (κ2) is 7.40. The Morgan fingerprint density at radius 2 is 2.04 bits per heavy atom. The Morgan fingerprint density at radius 3 is 2.75 bits per heavy atom. The normalized spacial score (nSPS) is 17.1. The molecule has 4 rings (SSSR count). The van der Waals surface area contributed by atoms with Gasteiger partial charge in [0.05, 0.1) is 12.2 Å². The molecule has 146 valence electrons. The van der Waals surface area contributed by atoms with Crippen LogP contribution in [-0.4, -0.2) is 39.4 Å². The van der Waals surface area contributed by atoms with Crippen LogP contribution in [0.2, 0.25) is 0 Å². The molecule has 1 saturated heterocycles. The maximum atomic E-state index is 5.85. The van der Waals surface area contributed by atoms with Crippen LogP contribution in [0, 0.1) is 6.92 Å². The monoisotopic (exact) mass is 442 g/mol. The molecule has 0 saturated carbocycles. The van der Waals surface area contributed by atoms with Crippen molar-refractivity contribution in [1.82, 2.24) is 25.1 Å². The van der Waals surface area contributed by atoms with Crippen LogP contribution in [0.15, 0.2) is 34.9 Å². The van der Waals surface area contributed by atoms with E-state index in [1.165, 1.54) is 5.56 Å². The summed E-state index contributed by atoms with van der Waals surface area (Å²) in [6.45, 7) is 4.49. The van der Waals surface area contributed by atoms with Crippen LogP contribution in [0.1, 0.15) is 17.3 Å². The SMILES string of the molecule is Cc1c(-c2ccc(Br)c([C@@H]3CN(c4cc(N)nc(N)n4)CCN3)c2)cnn1C. The minimum Gasteiger partial charge on any atom is -0.383 e. The fraction of sp³-hybridized carbons (Fsp3) is 0.316. The van der Waals surface area contributed by atoms with Crippen LogP contribution in [0.3, 0.4) is 0 Å². The molecule has 0 spiro atoms. The molecule has 0 amide bonds. The van der Waals surface area contributed by atoms with Crippen LogP contribution in [0.4, 0.5) is 17.6 Å². The van der Waals surface area contributed by atoms with Crippen molar-refractivity contribution in [2.75, 3.05) is 36.0 Å². The summed E-state index contributed by atoms with van der Waals surface area (Å²) in [5, 5.41) is 7.97. The molecule has 0 unspecified atom stereocenters. The van der Waals surface area contributed by atoms with Gasteiger partial charge in [-0.15, -0.1) is 0 Å². The first-order valence-corrected chi connectivity index (χ1v) is 9.88. The van der Waals surface area contributed by atoms with E-state index in [1.54, 1.807) is 6.07 Å². The van der Waals surface area contributed by atoms with Crippen molar-refractivity contribution >= 4 is 33.5 Å². The first-order valence-electron chi connectivity index (χ1n) is 9.09. The van der Waals surface area contributed by atoms with Crippen LogP contribution in [0.5, 0.6) is 0 Å². The summed E-state index contributed by atoms with van der Waals surface area (Å²) in [6, 6.07) is 8.33. The van der Waals surface area contributed by atoms with Gasteiger partial charge >= 0.3 is 0 Å². The summed E-state index contributed by atoms with van der Waals surface area (Å²) in [7, 11) is 1.96. The van der Waals surface area contributed by atoms with E-state index in [0.717, 1.165) is 46.7 Å². The molecule has 1 atom stereocenters. The summed E-state index contributed by atoms with van der Waals surface area (Å²) >= 11 is 3.72. The zero-order valence-electron chi connectivity index (χ0n) is 15.9. The molecule has 5 N–H and O–H groups in total. The Hall–Kier alpha value is -2.65. The highest BCUT2D eigenvalue weighted by molar-refractivity contribution is 9.10. The number of rotatable bonds is 3. The number of benzene rings is 1. The number of hydrogen-bond acceptors (Lipinski definition) is 7. The van der Waals surface area contributed by atoms with Gasteiger partial charge in [0.2, 0.25) is 5.95 Å². The van der Waals surface area contributed by atoms with E-state index in [1.807, 2.05) is 17.9 Å². The second-order valence-electron chi connectivity index (χ2n) is 6.97. The Morgan fingerprint density at radius 1 is 1.21 bits per heavy atom. The molecule has 1 aliphatic rings.